The molecule has 0 atom stereocenters. The van der Waals surface area contributed by atoms with Crippen LogP contribution in [0, 0.1) is 6.92 Å². The summed E-state index contributed by atoms with van der Waals surface area (Å²) in [6.07, 6.45) is 3.30. The number of amides is 1. The van der Waals surface area contributed by atoms with Gasteiger partial charge in [-0.2, -0.15) is 0 Å². The molecule has 1 fully saturated rings. The van der Waals surface area contributed by atoms with Crippen LogP contribution in [-0.2, 0) is 26.3 Å². The van der Waals surface area contributed by atoms with Crippen LogP contribution < -0.4 is 14.8 Å². The molecule has 2 aromatic carbocycles. The Morgan fingerprint density at radius 3 is 2.43 bits per heavy atom. The molecule has 158 valence electrons. The van der Waals surface area contributed by atoms with Crippen LogP contribution in [0.2, 0.25) is 0 Å². The molecule has 30 heavy (non-hydrogen) atoms. The van der Waals surface area contributed by atoms with Gasteiger partial charge in [0.2, 0.25) is 0 Å². The Labute approximate surface area is 176 Å². The van der Waals surface area contributed by atoms with Gasteiger partial charge in [-0.05, 0) is 43.0 Å². The normalized spacial score (nSPS) is 16.7. The summed E-state index contributed by atoms with van der Waals surface area (Å²) in [5, 5.41) is 2.80. The molecule has 0 spiro atoms. The van der Waals surface area contributed by atoms with Crippen LogP contribution in [0.3, 0.4) is 0 Å². The lowest BCUT2D eigenvalue weighted by Crippen LogP contribution is -2.37. The monoisotopic (exact) mass is 409 g/mol. The second-order valence-electron chi connectivity index (χ2n) is 7.99. The Morgan fingerprint density at radius 1 is 1.00 bits per heavy atom. The molecule has 2 aliphatic rings. The molecule has 4 rings (SSSR count). The van der Waals surface area contributed by atoms with E-state index in [1.165, 1.54) is 5.56 Å². The number of ether oxygens (including phenoxy) is 3. The van der Waals surface area contributed by atoms with Gasteiger partial charge < -0.3 is 19.5 Å². The van der Waals surface area contributed by atoms with Crippen molar-refractivity contribution in [1.29, 1.82) is 0 Å². The first-order chi connectivity index (χ1) is 14.6. The summed E-state index contributed by atoms with van der Waals surface area (Å²) in [4.78, 5) is 25.3. The van der Waals surface area contributed by atoms with Crippen molar-refractivity contribution in [3.8, 4) is 11.5 Å². The zero-order valence-electron chi connectivity index (χ0n) is 17.2. The summed E-state index contributed by atoms with van der Waals surface area (Å²) in [7, 11) is 0. The molecule has 6 heteroatoms. The van der Waals surface area contributed by atoms with E-state index in [9.17, 15) is 9.59 Å². The highest BCUT2D eigenvalue weighted by Crippen LogP contribution is 2.45. The number of fused-ring (bicyclic) bond motifs is 1. The number of hydrogen-bond donors (Lipinski definition) is 1. The molecule has 1 aliphatic heterocycles. The number of carbonyl (C=O) groups excluding carboxylic acids is 2. The molecule has 0 aromatic heterocycles. The second-order valence-corrected chi connectivity index (χ2v) is 7.99. The minimum Gasteiger partial charge on any atom is -0.486 e. The van der Waals surface area contributed by atoms with Crippen LogP contribution in [0.5, 0.6) is 11.5 Å². The van der Waals surface area contributed by atoms with E-state index in [1.807, 2.05) is 49.4 Å². The average Bonchev–Trinajstić information content (AvgIpc) is 3.28. The maximum absolute atomic E-state index is 13.1. The van der Waals surface area contributed by atoms with Gasteiger partial charge >= 0.3 is 5.97 Å². The molecule has 1 N–H and O–H groups in total. The summed E-state index contributed by atoms with van der Waals surface area (Å²) in [6, 6.07) is 13.6. The summed E-state index contributed by atoms with van der Waals surface area (Å²) >= 11 is 0. The highest BCUT2D eigenvalue weighted by Gasteiger charge is 2.45. The SMILES string of the molecule is Cc1ccc(CNC(=O)COC(=O)C2(c3ccc4c(c3)OCCO4)CCCC2)cc1. The number of benzene rings is 2. The fourth-order valence-corrected chi connectivity index (χ4v) is 4.16. The fraction of sp³-hybridized carbons (Fsp3) is 0.417. The number of nitrogens with one attached hydrogen (secondary N) is 1. The highest BCUT2D eigenvalue weighted by molar-refractivity contribution is 5.87. The van der Waals surface area contributed by atoms with Crippen molar-refractivity contribution in [2.75, 3.05) is 19.8 Å². The molecule has 6 nitrogen and oxygen atoms in total. The maximum atomic E-state index is 13.1. The first-order valence-electron chi connectivity index (χ1n) is 10.5. The van der Waals surface area contributed by atoms with Crippen molar-refractivity contribution in [1.82, 2.24) is 5.32 Å². The highest BCUT2D eigenvalue weighted by atomic mass is 16.6. The van der Waals surface area contributed by atoms with Gasteiger partial charge in [-0.15, -0.1) is 0 Å². The van der Waals surface area contributed by atoms with Gasteiger partial charge in [-0.1, -0.05) is 48.7 Å². The first kappa shape index (κ1) is 20.3. The standard InChI is InChI=1S/C24H27NO5/c1-17-4-6-18(7-5-17)15-25-22(26)16-30-23(27)24(10-2-3-11-24)19-8-9-20-21(14-19)29-13-12-28-20/h4-9,14H,2-3,10-13,15-16H2,1H3,(H,25,26). The predicted octanol–water partition coefficient (Wildman–Crippen LogP) is 3.44. The number of aryl methyl sites for hydroxylation is 1. The predicted molar refractivity (Wildman–Crippen MR) is 112 cm³/mol. The van der Waals surface area contributed by atoms with Gasteiger partial charge in [0.25, 0.3) is 5.91 Å². The van der Waals surface area contributed by atoms with Crippen LogP contribution in [0.15, 0.2) is 42.5 Å². The van der Waals surface area contributed by atoms with Gasteiger partial charge in [0.05, 0.1) is 5.41 Å². The van der Waals surface area contributed by atoms with E-state index in [4.69, 9.17) is 14.2 Å². The number of hydrogen-bond acceptors (Lipinski definition) is 5. The van der Waals surface area contributed by atoms with Crippen molar-refractivity contribution in [3.63, 3.8) is 0 Å². The number of esters is 1. The van der Waals surface area contributed by atoms with E-state index in [2.05, 4.69) is 5.32 Å². The van der Waals surface area contributed by atoms with Crippen molar-refractivity contribution in [2.45, 2.75) is 44.6 Å². The van der Waals surface area contributed by atoms with Crippen molar-refractivity contribution in [3.05, 3.63) is 59.2 Å². The molecule has 0 radical (unpaired) electrons. The number of carbonyl (C=O) groups is 2. The van der Waals surface area contributed by atoms with Crippen molar-refractivity contribution >= 4 is 11.9 Å². The summed E-state index contributed by atoms with van der Waals surface area (Å²) < 4.78 is 16.8. The maximum Gasteiger partial charge on any atom is 0.317 e. The first-order valence-corrected chi connectivity index (χ1v) is 10.5. The van der Waals surface area contributed by atoms with Crippen LogP contribution in [0.4, 0.5) is 0 Å². The Kier molecular flexibility index (Phi) is 5.93. The van der Waals surface area contributed by atoms with E-state index >= 15 is 0 Å². The zero-order chi connectivity index (χ0) is 21.0. The van der Waals surface area contributed by atoms with E-state index in [0.29, 0.717) is 44.1 Å². The van der Waals surface area contributed by atoms with E-state index in [1.54, 1.807) is 0 Å². The molecule has 0 bridgehead atoms. The quantitative estimate of drug-likeness (QED) is 0.740. The minimum atomic E-state index is -0.729. The van der Waals surface area contributed by atoms with Crippen LogP contribution >= 0.6 is 0 Å². The Bertz CT molecular complexity index is 916. The topological polar surface area (TPSA) is 73.9 Å². The molecule has 0 saturated heterocycles. The van der Waals surface area contributed by atoms with Gasteiger partial charge in [0.15, 0.2) is 18.1 Å². The molecule has 0 unspecified atom stereocenters. The molecule has 2 aromatic rings. The Hall–Kier alpha value is -3.02. The van der Waals surface area contributed by atoms with Crippen molar-refractivity contribution in [2.24, 2.45) is 0 Å². The Morgan fingerprint density at radius 2 is 1.70 bits per heavy atom. The van der Waals surface area contributed by atoms with Gasteiger partial charge in [-0.3, -0.25) is 9.59 Å². The Balaban J connectivity index is 1.39. The third kappa shape index (κ3) is 4.27. The van der Waals surface area contributed by atoms with Crippen LogP contribution in [-0.4, -0.2) is 31.7 Å². The van der Waals surface area contributed by atoms with Crippen LogP contribution in [0.1, 0.15) is 42.4 Å². The minimum absolute atomic E-state index is 0.281. The molecular weight excluding hydrogens is 382 g/mol. The zero-order valence-corrected chi connectivity index (χ0v) is 17.2. The van der Waals surface area contributed by atoms with Crippen LogP contribution in [0.25, 0.3) is 0 Å². The second kappa shape index (κ2) is 8.78. The molecular formula is C24H27NO5. The third-order valence-corrected chi connectivity index (χ3v) is 5.89. The van der Waals surface area contributed by atoms with E-state index in [0.717, 1.165) is 24.0 Å². The summed E-state index contributed by atoms with van der Waals surface area (Å²) in [6.45, 7) is 3.16. The van der Waals surface area contributed by atoms with E-state index in [-0.39, 0.29) is 18.5 Å². The number of rotatable bonds is 6. The summed E-state index contributed by atoms with van der Waals surface area (Å²) in [5.41, 5.74) is 2.31. The third-order valence-electron chi connectivity index (χ3n) is 5.89. The molecule has 1 amide bonds. The van der Waals surface area contributed by atoms with Crippen molar-refractivity contribution < 1.29 is 23.8 Å². The fourth-order valence-electron chi connectivity index (χ4n) is 4.16. The lowest BCUT2D eigenvalue weighted by molar-refractivity contribution is -0.154. The van der Waals surface area contributed by atoms with Gasteiger partial charge in [0.1, 0.15) is 13.2 Å². The smallest absolute Gasteiger partial charge is 0.317 e. The molecule has 1 aliphatic carbocycles. The molecule has 1 saturated carbocycles. The average molecular weight is 409 g/mol. The lowest BCUT2D eigenvalue weighted by Gasteiger charge is -2.28. The largest absolute Gasteiger partial charge is 0.486 e. The van der Waals surface area contributed by atoms with E-state index < -0.39 is 5.41 Å². The van der Waals surface area contributed by atoms with Gasteiger partial charge in [0, 0.05) is 6.54 Å². The molecule has 1 heterocycles. The lowest BCUT2D eigenvalue weighted by atomic mass is 9.78. The summed E-state index contributed by atoms with van der Waals surface area (Å²) in [5.74, 6) is 0.706. The van der Waals surface area contributed by atoms with Gasteiger partial charge in [-0.25, -0.2) is 0 Å².